The van der Waals surface area contributed by atoms with Crippen LogP contribution in [0.4, 0.5) is 5.69 Å². The van der Waals surface area contributed by atoms with Crippen LogP contribution in [0.15, 0.2) is 30.5 Å². The van der Waals surface area contributed by atoms with Crippen molar-refractivity contribution in [2.24, 2.45) is 5.92 Å². The van der Waals surface area contributed by atoms with E-state index in [0.29, 0.717) is 0 Å². The maximum Gasteiger partial charge on any atom is 0.0950 e. The van der Waals surface area contributed by atoms with Gasteiger partial charge in [-0.05, 0) is 24.8 Å². The number of aromatic nitrogens is 2. The zero-order valence-electron chi connectivity index (χ0n) is 10.6. The first-order valence-electron chi connectivity index (χ1n) is 6.88. The standard InChI is InChI=1S/C15H19N3/c1-2-6-12(7-3-1)10-16-15-11-17-18-14-9-5-4-8-13(14)15/h4-5,8-9,11-12H,1-3,6-7,10H2,(H,16,18). The second-order valence-electron chi connectivity index (χ2n) is 5.16. The molecule has 0 unspecified atom stereocenters. The number of nitrogens with zero attached hydrogens (tertiary/aromatic N) is 2. The number of nitrogens with one attached hydrogen (secondary N) is 1. The van der Waals surface area contributed by atoms with Gasteiger partial charge in [0.25, 0.3) is 0 Å². The Hall–Kier alpha value is -1.64. The molecule has 1 aromatic heterocycles. The molecule has 3 nitrogen and oxygen atoms in total. The molecule has 1 heterocycles. The van der Waals surface area contributed by atoms with Crippen molar-refractivity contribution in [2.45, 2.75) is 32.1 Å². The van der Waals surface area contributed by atoms with Crippen LogP contribution < -0.4 is 5.32 Å². The van der Waals surface area contributed by atoms with E-state index in [2.05, 4.69) is 27.6 Å². The first-order chi connectivity index (χ1) is 8.93. The predicted octanol–water partition coefficient (Wildman–Crippen LogP) is 3.62. The maximum absolute atomic E-state index is 4.15. The van der Waals surface area contributed by atoms with Crippen molar-refractivity contribution in [1.29, 1.82) is 0 Å². The van der Waals surface area contributed by atoms with Crippen LogP contribution in [0.2, 0.25) is 0 Å². The molecular formula is C15H19N3. The predicted molar refractivity (Wildman–Crippen MR) is 74.6 cm³/mol. The Morgan fingerprint density at radius 2 is 1.94 bits per heavy atom. The number of fused-ring (bicyclic) bond motifs is 1. The lowest BCUT2D eigenvalue weighted by Crippen LogP contribution is -2.17. The third-order valence-corrected chi connectivity index (χ3v) is 3.85. The highest BCUT2D eigenvalue weighted by molar-refractivity contribution is 5.90. The van der Waals surface area contributed by atoms with Crippen LogP contribution in [-0.2, 0) is 0 Å². The summed E-state index contributed by atoms with van der Waals surface area (Å²) in [6, 6.07) is 8.17. The van der Waals surface area contributed by atoms with Gasteiger partial charge in [0.2, 0.25) is 0 Å². The Morgan fingerprint density at radius 3 is 2.83 bits per heavy atom. The van der Waals surface area contributed by atoms with E-state index >= 15 is 0 Å². The number of benzene rings is 1. The van der Waals surface area contributed by atoms with Gasteiger partial charge in [0.05, 0.1) is 17.4 Å². The van der Waals surface area contributed by atoms with Crippen LogP contribution in [0.25, 0.3) is 10.9 Å². The van der Waals surface area contributed by atoms with Gasteiger partial charge >= 0.3 is 0 Å². The van der Waals surface area contributed by atoms with E-state index in [4.69, 9.17) is 0 Å². The average Bonchev–Trinajstić information content (AvgIpc) is 2.46. The van der Waals surface area contributed by atoms with Crippen LogP contribution >= 0.6 is 0 Å². The Balaban J connectivity index is 1.74. The molecule has 0 radical (unpaired) electrons. The monoisotopic (exact) mass is 241 g/mol. The Bertz CT molecular complexity index is 513. The summed E-state index contributed by atoms with van der Waals surface area (Å²) in [4.78, 5) is 0. The minimum absolute atomic E-state index is 0.825. The second-order valence-corrected chi connectivity index (χ2v) is 5.16. The second kappa shape index (κ2) is 5.34. The molecule has 1 aliphatic rings. The molecule has 1 aliphatic carbocycles. The van der Waals surface area contributed by atoms with Gasteiger partial charge in [0.15, 0.2) is 0 Å². The molecule has 18 heavy (non-hydrogen) atoms. The molecule has 3 rings (SSSR count). The van der Waals surface area contributed by atoms with E-state index in [1.165, 1.54) is 37.5 Å². The minimum atomic E-state index is 0.825. The van der Waals surface area contributed by atoms with Gasteiger partial charge in [-0.1, -0.05) is 37.5 Å². The van der Waals surface area contributed by atoms with Crippen molar-refractivity contribution in [3.8, 4) is 0 Å². The van der Waals surface area contributed by atoms with Crippen molar-refractivity contribution in [2.75, 3.05) is 11.9 Å². The molecule has 1 aromatic carbocycles. The van der Waals surface area contributed by atoms with Gasteiger partial charge in [0.1, 0.15) is 0 Å². The van der Waals surface area contributed by atoms with Gasteiger partial charge in [-0.3, -0.25) is 0 Å². The van der Waals surface area contributed by atoms with Crippen LogP contribution in [0.5, 0.6) is 0 Å². The summed E-state index contributed by atoms with van der Waals surface area (Å²) < 4.78 is 0. The zero-order valence-corrected chi connectivity index (χ0v) is 10.6. The van der Waals surface area contributed by atoms with E-state index in [1.54, 1.807) is 0 Å². The first kappa shape index (κ1) is 11.5. The number of hydrogen-bond acceptors (Lipinski definition) is 3. The third-order valence-electron chi connectivity index (χ3n) is 3.85. The molecule has 1 saturated carbocycles. The van der Waals surface area contributed by atoms with Crippen molar-refractivity contribution >= 4 is 16.6 Å². The zero-order chi connectivity index (χ0) is 12.2. The minimum Gasteiger partial charge on any atom is -0.383 e. The van der Waals surface area contributed by atoms with E-state index < -0.39 is 0 Å². The Labute approximate surface area is 108 Å². The molecule has 0 spiro atoms. The molecule has 1 N–H and O–H groups in total. The number of rotatable bonds is 3. The summed E-state index contributed by atoms with van der Waals surface area (Å²) in [6.07, 6.45) is 8.76. The molecular weight excluding hydrogens is 222 g/mol. The van der Waals surface area contributed by atoms with E-state index in [9.17, 15) is 0 Å². The lowest BCUT2D eigenvalue weighted by molar-refractivity contribution is 0.373. The van der Waals surface area contributed by atoms with Crippen molar-refractivity contribution in [1.82, 2.24) is 10.2 Å². The summed E-state index contributed by atoms with van der Waals surface area (Å²) in [5.74, 6) is 0.825. The summed E-state index contributed by atoms with van der Waals surface area (Å²) >= 11 is 0. The highest BCUT2D eigenvalue weighted by atomic mass is 15.1. The fraction of sp³-hybridized carbons (Fsp3) is 0.467. The third kappa shape index (κ3) is 2.45. The molecule has 0 saturated heterocycles. The van der Waals surface area contributed by atoms with Crippen molar-refractivity contribution in [3.63, 3.8) is 0 Å². The largest absolute Gasteiger partial charge is 0.383 e. The van der Waals surface area contributed by atoms with Gasteiger partial charge in [-0.15, -0.1) is 0 Å². The lowest BCUT2D eigenvalue weighted by atomic mass is 9.89. The normalized spacial score (nSPS) is 16.9. The van der Waals surface area contributed by atoms with E-state index in [-0.39, 0.29) is 0 Å². The summed E-state index contributed by atoms with van der Waals surface area (Å²) in [7, 11) is 0. The summed E-state index contributed by atoms with van der Waals surface area (Å²) in [6.45, 7) is 1.07. The van der Waals surface area contributed by atoms with Crippen LogP contribution in [0.3, 0.4) is 0 Å². The SMILES string of the molecule is c1ccc2c(NCC3CCCCC3)cnnc2c1. The topological polar surface area (TPSA) is 37.8 Å². The lowest BCUT2D eigenvalue weighted by Gasteiger charge is -2.22. The van der Waals surface area contributed by atoms with Crippen LogP contribution in [0, 0.1) is 5.92 Å². The quantitative estimate of drug-likeness (QED) is 0.891. The van der Waals surface area contributed by atoms with Gasteiger partial charge in [0, 0.05) is 11.9 Å². The molecule has 0 bridgehead atoms. The fourth-order valence-electron chi connectivity index (χ4n) is 2.79. The van der Waals surface area contributed by atoms with Crippen molar-refractivity contribution < 1.29 is 0 Å². The summed E-state index contributed by atoms with van der Waals surface area (Å²) in [5, 5.41) is 12.9. The molecule has 3 heteroatoms. The van der Waals surface area contributed by atoms with Crippen LogP contribution in [-0.4, -0.2) is 16.7 Å². The Morgan fingerprint density at radius 1 is 1.11 bits per heavy atom. The Kier molecular flexibility index (Phi) is 3.40. The van der Waals surface area contributed by atoms with Gasteiger partial charge in [-0.25, -0.2) is 0 Å². The molecule has 0 aliphatic heterocycles. The van der Waals surface area contributed by atoms with E-state index in [0.717, 1.165) is 23.7 Å². The van der Waals surface area contributed by atoms with E-state index in [1.807, 2.05) is 18.3 Å². The highest BCUT2D eigenvalue weighted by Crippen LogP contribution is 2.25. The number of hydrogen-bond donors (Lipinski definition) is 1. The average molecular weight is 241 g/mol. The fourth-order valence-corrected chi connectivity index (χ4v) is 2.79. The maximum atomic E-state index is 4.15. The molecule has 2 aromatic rings. The summed E-state index contributed by atoms with van der Waals surface area (Å²) in [5.41, 5.74) is 2.08. The molecule has 1 fully saturated rings. The highest BCUT2D eigenvalue weighted by Gasteiger charge is 2.13. The van der Waals surface area contributed by atoms with Gasteiger partial charge in [-0.2, -0.15) is 10.2 Å². The molecule has 0 amide bonds. The smallest absolute Gasteiger partial charge is 0.0950 e. The molecule has 0 atom stereocenters. The van der Waals surface area contributed by atoms with Crippen molar-refractivity contribution in [3.05, 3.63) is 30.5 Å². The molecule has 94 valence electrons. The van der Waals surface area contributed by atoms with Gasteiger partial charge < -0.3 is 5.32 Å². The first-order valence-corrected chi connectivity index (χ1v) is 6.88. The number of anilines is 1. The van der Waals surface area contributed by atoms with Crippen LogP contribution in [0.1, 0.15) is 32.1 Å².